The zero-order valence-electron chi connectivity index (χ0n) is 12.5. The zero-order chi connectivity index (χ0) is 17.2. The van der Waals surface area contributed by atoms with E-state index in [1.165, 1.54) is 23.1 Å². The Bertz CT molecular complexity index is 838. The molecule has 0 saturated carbocycles. The Morgan fingerprint density at radius 2 is 2.00 bits per heavy atom. The van der Waals surface area contributed by atoms with Crippen LogP contribution in [0.4, 0.5) is 5.82 Å². The smallest absolute Gasteiger partial charge is 0.259 e. The van der Waals surface area contributed by atoms with Crippen LogP contribution in [-0.4, -0.2) is 32.1 Å². The van der Waals surface area contributed by atoms with Gasteiger partial charge in [0.25, 0.3) is 5.91 Å². The molecule has 0 saturated heterocycles. The first-order chi connectivity index (χ1) is 10.7. The van der Waals surface area contributed by atoms with Crippen LogP contribution in [0.2, 0.25) is 5.02 Å². The molecule has 23 heavy (non-hydrogen) atoms. The third-order valence-corrected chi connectivity index (χ3v) is 5.17. The molecule has 5 nitrogen and oxygen atoms in total. The molecule has 2 aromatic rings. The summed E-state index contributed by atoms with van der Waals surface area (Å²) in [5.41, 5.74) is 0.237. The minimum absolute atomic E-state index is 0.0650. The predicted molar refractivity (Wildman–Crippen MR) is 93.8 cm³/mol. The molecule has 1 aromatic heterocycles. The molecule has 0 fully saturated rings. The van der Waals surface area contributed by atoms with E-state index in [0.717, 1.165) is 10.7 Å². The molecule has 0 atom stereocenters. The molecule has 0 N–H and O–H groups in total. The Morgan fingerprint density at radius 1 is 1.30 bits per heavy atom. The topological polar surface area (TPSA) is 67.3 Å². The molecule has 0 radical (unpaired) electrons. The summed E-state index contributed by atoms with van der Waals surface area (Å²) in [6.45, 7) is 2.21. The quantitative estimate of drug-likeness (QED) is 0.763. The number of carbonyl (C=O) groups excluding carboxylic acids is 1. The summed E-state index contributed by atoms with van der Waals surface area (Å²) in [4.78, 5) is 18.3. The summed E-state index contributed by atoms with van der Waals surface area (Å²) >= 11 is 9.20. The van der Waals surface area contributed by atoms with E-state index in [2.05, 4.69) is 20.9 Å². The molecule has 1 heterocycles. The van der Waals surface area contributed by atoms with Crippen LogP contribution in [0.15, 0.2) is 45.9 Å². The first-order valence-corrected chi connectivity index (χ1v) is 9.73. The molecule has 8 heteroatoms. The molecule has 0 aliphatic rings. The monoisotopic (exact) mass is 416 g/mol. The lowest BCUT2D eigenvalue weighted by Crippen LogP contribution is -2.31. The van der Waals surface area contributed by atoms with Gasteiger partial charge in [-0.05, 0) is 53.2 Å². The predicted octanol–water partition coefficient (Wildman–Crippen LogP) is 3.57. The number of hydrogen-bond acceptors (Lipinski definition) is 4. The van der Waals surface area contributed by atoms with Crippen LogP contribution in [-0.2, 0) is 9.84 Å². The average molecular weight is 418 g/mol. The molecule has 122 valence electrons. The van der Waals surface area contributed by atoms with Gasteiger partial charge < -0.3 is 0 Å². The van der Waals surface area contributed by atoms with E-state index in [0.29, 0.717) is 12.4 Å². The van der Waals surface area contributed by atoms with Crippen molar-refractivity contribution < 1.29 is 13.2 Å². The largest absolute Gasteiger partial charge is 0.293 e. The van der Waals surface area contributed by atoms with Crippen molar-refractivity contribution in [2.75, 3.05) is 17.7 Å². The van der Waals surface area contributed by atoms with Crippen LogP contribution in [0.1, 0.15) is 17.3 Å². The van der Waals surface area contributed by atoms with Crippen molar-refractivity contribution in [1.29, 1.82) is 0 Å². The molecule has 0 bridgehead atoms. The number of nitrogens with zero attached hydrogens (tertiary/aromatic N) is 2. The normalized spacial score (nSPS) is 11.3. The van der Waals surface area contributed by atoms with Crippen LogP contribution in [0.5, 0.6) is 0 Å². The van der Waals surface area contributed by atoms with Crippen molar-refractivity contribution in [2.45, 2.75) is 11.8 Å². The van der Waals surface area contributed by atoms with Gasteiger partial charge in [-0.15, -0.1) is 0 Å². The second-order valence-electron chi connectivity index (χ2n) is 4.80. The van der Waals surface area contributed by atoms with Gasteiger partial charge in [0.2, 0.25) is 0 Å². The maximum Gasteiger partial charge on any atom is 0.259 e. The highest BCUT2D eigenvalue weighted by atomic mass is 79.9. The molecule has 0 aliphatic heterocycles. The van der Waals surface area contributed by atoms with Crippen molar-refractivity contribution in [1.82, 2.24) is 4.98 Å². The van der Waals surface area contributed by atoms with E-state index < -0.39 is 9.84 Å². The lowest BCUT2D eigenvalue weighted by molar-refractivity contribution is 0.0987. The Morgan fingerprint density at radius 3 is 2.52 bits per heavy atom. The van der Waals surface area contributed by atoms with Crippen molar-refractivity contribution in [2.24, 2.45) is 0 Å². The van der Waals surface area contributed by atoms with E-state index in [9.17, 15) is 13.2 Å². The standard InChI is InChI=1S/C15H14BrClN2O3S/c1-3-19(14-7-5-11(16)9-18-14)15(20)10-4-6-12(17)13(8-10)23(2,21)22/h4-9H,3H2,1-2H3. The zero-order valence-corrected chi connectivity index (χ0v) is 15.6. The van der Waals surface area contributed by atoms with Crippen molar-refractivity contribution in [3.8, 4) is 0 Å². The highest BCUT2D eigenvalue weighted by molar-refractivity contribution is 9.10. The van der Waals surface area contributed by atoms with Gasteiger partial charge in [-0.2, -0.15) is 0 Å². The van der Waals surface area contributed by atoms with Crippen LogP contribution in [0, 0.1) is 0 Å². The minimum atomic E-state index is -3.52. The number of rotatable bonds is 4. The summed E-state index contributed by atoms with van der Waals surface area (Å²) in [5, 5.41) is 0.0915. The van der Waals surface area contributed by atoms with Gasteiger partial charge in [0.1, 0.15) is 5.82 Å². The molecule has 1 amide bonds. The number of aromatic nitrogens is 1. The number of anilines is 1. The lowest BCUT2D eigenvalue weighted by Gasteiger charge is -2.20. The SMILES string of the molecule is CCN(C(=O)c1ccc(Cl)c(S(C)(=O)=O)c1)c1ccc(Br)cn1. The van der Waals surface area contributed by atoms with E-state index in [4.69, 9.17) is 11.6 Å². The Labute approximate surface area is 148 Å². The van der Waals surface area contributed by atoms with Gasteiger partial charge in [0.15, 0.2) is 9.84 Å². The fourth-order valence-corrected chi connectivity index (χ4v) is 3.55. The average Bonchev–Trinajstić information content (AvgIpc) is 2.49. The third-order valence-electron chi connectivity index (χ3n) is 3.13. The van der Waals surface area contributed by atoms with Crippen molar-refractivity contribution >= 4 is 49.1 Å². The van der Waals surface area contributed by atoms with Crippen LogP contribution >= 0.6 is 27.5 Å². The van der Waals surface area contributed by atoms with Crippen LogP contribution in [0.3, 0.4) is 0 Å². The number of carbonyl (C=O) groups is 1. The highest BCUT2D eigenvalue weighted by Gasteiger charge is 2.20. The minimum Gasteiger partial charge on any atom is -0.293 e. The van der Waals surface area contributed by atoms with Gasteiger partial charge in [-0.1, -0.05) is 11.6 Å². The second kappa shape index (κ2) is 6.98. The Hall–Kier alpha value is -1.44. The van der Waals surface area contributed by atoms with E-state index in [1.54, 1.807) is 18.3 Å². The van der Waals surface area contributed by atoms with E-state index >= 15 is 0 Å². The van der Waals surface area contributed by atoms with Crippen molar-refractivity contribution in [3.05, 3.63) is 51.6 Å². The Balaban J connectivity index is 2.44. The van der Waals surface area contributed by atoms with Crippen LogP contribution in [0.25, 0.3) is 0 Å². The van der Waals surface area contributed by atoms with Gasteiger partial charge in [0.05, 0.1) is 9.92 Å². The van der Waals surface area contributed by atoms with E-state index in [1.807, 2.05) is 6.92 Å². The number of benzene rings is 1. The molecule has 0 spiro atoms. The van der Waals surface area contributed by atoms with Gasteiger partial charge in [-0.3, -0.25) is 9.69 Å². The maximum absolute atomic E-state index is 12.7. The Kier molecular flexibility index (Phi) is 5.44. The molecule has 0 aliphatic carbocycles. The number of sulfone groups is 1. The van der Waals surface area contributed by atoms with Gasteiger partial charge >= 0.3 is 0 Å². The number of halogens is 2. The molecule has 1 aromatic carbocycles. The molecular formula is C15H14BrClN2O3S. The lowest BCUT2D eigenvalue weighted by atomic mass is 10.2. The summed E-state index contributed by atoms with van der Waals surface area (Å²) in [6.07, 6.45) is 2.64. The molecule has 0 unspecified atom stereocenters. The van der Waals surface area contributed by atoms with E-state index in [-0.39, 0.29) is 21.4 Å². The summed E-state index contributed by atoms with van der Waals surface area (Å²) in [7, 11) is -3.52. The number of pyridine rings is 1. The summed E-state index contributed by atoms with van der Waals surface area (Å²) in [5.74, 6) is 0.139. The molecular weight excluding hydrogens is 404 g/mol. The summed E-state index contributed by atoms with van der Waals surface area (Å²) < 4.78 is 24.3. The first kappa shape index (κ1) is 17.9. The van der Waals surface area contributed by atoms with Gasteiger partial charge in [-0.25, -0.2) is 13.4 Å². The second-order valence-corrected chi connectivity index (χ2v) is 8.11. The van der Waals surface area contributed by atoms with Crippen LogP contribution < -0.4 is 4.90 Å². The van der Waals surface area contributed by atoms with Gasteiger partial charge in [0, 0.05) is 29.0 Å². The fourth-order valence-electron chi connectivity index (χ4n) is 2.01. The highest BCUT2D eigenvalue weighted by Crippen LogP contribution is 2.24. The molecule has 2 rings (SSSR count). The fraction of sp³-hybridized carbons (Fsp3) is 0.200. The first-order valence-electron chi connectivity index (χ1n) is 6.67. The number of amides is 1. The maximum atomic E-state index is 12.7. The third kappa shape index (κ3) is 4.10. The summed E-state index contributed by atoms with van der Waals surface area (Å²) in [6, 6.07) is 7.69. The number of hydrogen-bond donors (Lipinski definition) is 0. The van der Waals surface area contributed by atoms with Crippen molar-refractivity contribution in [3.63, 3.8) is 0 Å².